The first-order chi connectivity index (χ1) is 5.77. The number of nitrogens with two attached hydrogens (primary N) is 2. The van der Waals surface area contributed by atoms with Crippen LogP contribution in [-0.2, 0) is 10.4 Å². The van der Waals surface area contributed by atoms with Crippen LogP contribution in [0.2, 0.25) is 0 Å². The van der Waals surface area contributed by atoms with E-state index in [9.17, 15) is 0 Å². The molecule has 80 valence electrons. The minimum Gasteiger partial charge on any atom is -0.388 e. The molecule has 0 aliphatic heterocycles. The molecule has 7 N–H and O–H groups in total. The van der Waals surface area contributed by atoms with Crippen LogP contribution >= 0.6 is 0 Å². The van der Waals surface area contributed by atoms with Crippen molar-refractivity contribution < 1.29 is 17.5 Å². The second-order valence-electron chi connectivity index (χ2n) is 2.22. The van der Waals surface area contributed by atoms with Crippen LogP contribution in [0.25, 0.3) is 0 Å². The summed E-state index contributed by atoms with van der Waals surface area (Å²) in [4.78, 5) is 0. The van der Waals surface area contributed by atoms with E-state index in [1.807, 2.05) is 0 Å². The molecule has 0 aliphatic rings. The fourth-order valence-electron chi connectivity index (χ4n) is 0.460. The van der Waals surface area contributed by atoms with E-state index in [0.717, 1.165) is 12.8 Å². The van der Waals surface area contributed by atoms with Gasteiger partial charge in [0.2, 0.25) is 0 Å². The van der Waals surface area contributed by atoms with Gasteiger partial charge in [-0.3, -0.25) is 14.5 Å². The number of amidine groups is 1. The van der Waals surface area contributed by atoms with Crippen molar-refractivity contribution in [2.24, 2.45) is 11.5 Å². The van der Waals surface area contributed by atoms with E-state index < -0.39 is 10.4 Å². The van der Waals surface area contributed by atoms with Crippen molar-refractivity contribution in [3.63, 3.8) is 0 Å². The monoisotopic (exact) mass is 213 g/mol. The van der Waals surface area contributed by atoms with E-state index in [0.29, 0.717) is 13.0 Å². The molecule has 8 heteroatoms. The average Bonchev–Trinajstić information content (AvgIpc) is 1.83. The Kier molecular flexibility index (Phi) is 9.02. The van der Waals surface area contributed by atoms with Gasteiger partial charge >= 0.3 is 10.4 Å². The van der Waals surface area contributed by atoms with Crippen molar-refractivity contribution in [1.29, 1.82) is 5.41 Å². The molecule has 0 saturated carbocycles. The summed E-state index contributed by atoms with van der Waals surface area (Å²) in [6.07, 6.45) is 2.61. The first-order valence-corrected chi connectivity index (χ1v) is 4.90. The van der Waals surface area contributed by atoms with Gasteiger partial charge in [0.15, 0.2) is 0 Å². The highest BCUT2D eigenvalue weighted by molar-refractivity contribution is 7.79. The smallest absolute Gasteiger partial charge is 0.388 e. The summed E-state index contributed by atoms with van der Waals surface area (Å²) in [5.74, 6) is 0.262. The van der Waals surface area contributed by atoms with Crippen molar-refractivity contribution in [2.45, 2.75) is 19.3 Å². The second-order valence-corrected chi connectivity index (χ2v) is 3.11. The predicted octanol–water partition coefficient (Wildman–Crippen LogP) is -0.601. The topological polar surface area (TPSA) is 150 Å². The van der Waals surface area contributed by atoms with E-state index in [4.69, 9.17) is 34.4 Å². The molecule has 0 saturated heterocycles. The Labute approximate surface area is 77.2 Å². The van der Waals surface area contributed by atoms with Gasteiger partial charge in [0.05, 0.1) is 5.84 Å². The largest absolute Gasteiger partial charge is 0.394 e. The van der Waals surface area contributed by atoms with Gasteiger partial charge in [0.1, 0.15) is 0 Å². The van der Waals surface area contributed by atoms with Gasteiger partial charge in [0, 0.05) is 6.42 Å². The number of nitrogens with one attached hydrogen (secondary N) is 1. The maximum atomic E-state index is 8.74. The minimum atomic E-state index is -4.67. The fourth-order valence-corrected chi connectivity index (χ4v) is 0.460. The summed E-state index contributed by atoms with van der Waals surface area (Å²) >= 11 is 0. The Morgan fingerprint density at radius 3 is 1.92 bits per heavy atom. The van der Waals surface area contributed by atoms with Crippen molar-refractivity contribution in [2.75, 3.05) is 6.54 Å². The summed E-state index contributed by atoms with van der Waals surface area (Å²) in [5, 5.41) is 6.81. The number of hydrogen-bond donors (Lipinski definition) is 5. The first kappa shape index (κ1) is 14.8. The Morgan fingerprint density at radius 1 is 1.31 bits per heavy atom. The lowest BCUT2D eigenvalue weighted by Crippen LogP contribution is -2.09. The summed E-state index contributed by atoms with van der Waals surface area (Å²) in [5.41, 5.74) is 10.3. The highest BCUT2D eigenvalue weighted by Crippen LogP contribution is 1.90. The van der Waals surface area contributed by atoms with Gasteiger partial charge in [-0.15, -0.1) is 0 Å². The quantitative estimate of drug-likeness (QED) is 0.182. The normalized spacial score (nSPS) is 10.1. The molecule has 0 atom stereocenters. The molecule has 0 amide bonds. The Balaban J connectivity index is 0. The number of unbranched alkanes of at least 4 members (excludes halogenated alkanes) is 1. The van der Waals surface area contributed by atoms with Crippen LogP contribution in [0.4, 0.5) is 0 Å². The maximum Gasteiger partial charge on any atom is 0.394 e. The molecule has 13 heavy (non-hydrogen) atoms. The zero-order valence-electron chi connectivity index (χ0n) is 7.10. The van der Waals surface area contributed by atoms with Crippen LogP contribution in [0.15, 0.2) is 0 Å². The fraction of sp³-hybridized carbons (Fsp3) is 0.800. The van der Waals surface area contributed by atoms with Crippen LogP contribution in [-0.4, -0.2) is 29.9 Å². The third kappa shape index (κ3) is 52.9. The summed E-state index contributed by atoms with van der Waals surface area (Å²) in [6, 6.07) is 0. The van der Waals surface area contributed by atoms with Gasteiger partial charge in [0.25, 0.3) is 0 Å². The lowest BCUT2D eigenvalue weighted by molar-refractivity contribution is 0.381. The molecule has 0 heterocycles. The Bertz CT molecular complexity index is 218. The number of rotatable bonds is 4. The molecule has 0 aromatic heterocycles. The molecule has 0 aromatic rings. The average molecular weight is 213 g/mol. The standard InChI is InChI=1S/C5H13N3.H2O4S/c6-4-2-1-3-5(7)8;1-5(2,3)4/h1-4,6H2,(H3,7,8);(H2,1,2,3,4). The molecule has 0 fully saturated rings. The van der Waals surface area contributed by atoms with Crippen molar-refractivity contribution >= 4 is 16.2 Å². The third-order valence-electron chi connectivity index (χ3n) is 0.900. The van der Waals surface area contributed by atoms with E-state index in [1.54, 1.807) is 0 Å². The molecule has 7 nitrogen and oxygen atoms in total. The zero-order chi connectivity index (χ0) is 10.9. The zero-order valence-corrected chi connectivity index (χ0v) is 7.92. The first-order valence-electron chi connectivity index (χ1n) is 3.50. The molecular formula is C5H15N3O4S. The summed E-state index contributed by atoms with van der Waals surface area (Å²) in [7, 11) is -4.67. The van der Waals surface area contributed by atoms with Crippen LogP contribution in [0.5, 0.6) is 0 Å². The van der Waals surface area contributed by atoms with E-state index >= 15 is 0 Å². The molecule has 0 unspecified atom stereocenters. The Morgan fingerprint density at radius 2 is 1.69 bits per heavy atom. The number of hydrogen-bond acceptors (Lipinski definition) is 4. The SMILES string of the molecule is N=C(N)CCCCN.O=S(=O)(O)O. The van der Waals surface area contributed by atoms with Crippen molar-refractivity contribution in [1.82, 2.24) is 0 Å². The lowest BCUT2D eigenvalue weighted by atomic mass is 10.2. The van der Waals surface area contributed by atoms with Gasteiger partial charge in [-0.25, -0.2) is 0 Å². The van der Waals surface area contributed by atoms with Gasteiger partial charge < -0.3 is 11.5 Å². The van der Waals surface area contributed by atoms with Gasteiger partial charge in [-0.1, -0.05) is 0 Å². The van der Waals surface area contributed by atoms with Crippen LogP contribution < -0.4 is 11.5 Å². The van der Waals surface area contributed by atoms with Crippen molar-refractivity contribution in [3.05, 3.63) is 0 Å². The molecule has 0 spiro atoms. The van der Waals surface area contributed by atoms with E-state index in [1.165, 1.54) is 0 Å². The van der Waals surface area contributed by atoms with Crippen LogP contribution in [0.1, 0.15) is 19.3 Å². The van der Waals surface area contributed by atoms with Crippen LogP contribution in [0.3, 0.4) is 0 Å². The highest BCUT2D eigenvalue weighted by Gasteiger charge is 1.86. The third-order valence-corrected chi connectivity index (χ3v) is 0.900. The molecule has 0 aromatic carbocycles. The maximum absolute atomic E-state index is 8.74. The predicted molar refractivity (Wildman–Crippen MR) is 49.0 cm³/mol. The molecule has 0 radical (unpaired) electrons. The summed E-state index contributed by atoms with van der Waals surface area (Å²) in [6.45, 7) is 0.702. The van der Waals surface area contributed by atoms with Gasteiger partial charge in [-0.2, -0.15) is 8.42 Å². The summed E-state index contributed by atoms with van der Waals surface area (Å²) < 4.78 is 31.6. The van der Waals surface area contributed by atoms with E-state index in [2.05, 4.69) is 0 Å². The molecule has 0 rings (SSSR count). The lowest BCUT2D eigenvalue weighted by Gasteiger charge is -1.93. The van der Waals surface area contributed by atoms with Crippen LogP contribution in [0, 0.1) is 5.41 Å². The van der Waals surface area contributed by atoms with Crippen molar-refractivity contribution in [3.8, 4) is 0 Å². The molecule has 0 bridgehead atoms. The second kappa shape index (κ2) is 7.92. The molecular weight excluding hydrogens is 198 g/mol. The minimum absolute atomic E-state index is 0.262. The van der Waals surface area contributed by atoms with Gasteiger partial charge in [-0.05, 0) is 19.4 Å². The Hall–Kier alpha value is -0.700. The highest BCUT2D eigenvalue weighted by atomic mass is 32.3. The van der Waals surface area contributed by atoms with E-state index in [-0.39, 0.29) is 5.84 Å². The molecule has 0 aliphatic carbocycles.